The molecule has 2 heteroatoms. The molecule has 4 aromatic rings. The molecule has 2 nitrogen and oxygen atoms in total. The van der Waals surface area contributed by atoms with E-state index < -0.39 is 0 Å². The molecule has 24 heavy (non-hydrogen) atoms. The van der Waals surface area contributed by atoms with Crippen molar-refractivity contribution in [2.24, 2.45) is 0 Å². The van der Waals surface area contributed by atoms with Crippen LogP contribution in [0.15, 0.2) is 59.0 Å². The molecular weight excluding hydrogens is 294 g/mol. The molecule has 0 saturated heterocycles. The Kier molecular flexibility index (Phi) is 3.34. The molecule has 0 spiro atoms. The Morgan fingerprint density at radius 3 is 2.17 bits per heavy atom. The van der Waals surface area contributed by atoms with Crippen molar-refractivity contribution in [2.45, 2.75) is 20.8 Å². The average Bonchev–Trinajstić information content (AvgIpc) is 2.94. The molecule has 0 saturated carbocycles. The van der Waals surface area contributed by atoms with Crippen LogP contribution in [0.4, 0.5) is 11.4 Å². The highest BCUT2D eigenvalue weighted by molar-refractivity contribution is 6.10. The molecule has 4 rings (SSSR count). The maximum atomic E-state index is 6.28. The highest BCUT2D eigenvalue weighted by Crippen LogP contribution is 2.38. The summed E-state index contributed by atoms with van der Waals surface area (Å²) in [6, 6.07) is 19.2. The number of nitrogens with zero attached hydrogens (tertiary/aromatic N) is 1. The fraction of sp³-hybridized carbons (Fsp3) is 0.182. The molecule has 0 aliphatic rings. The topological polar surface area (TPSA) is 16.4 Å². The summed E-state index contributed by atoms with van der Waals surface area (Å²) in [7, 11) is 2.10. The second-order valence-corrected chi connectivity index (χ2v) is 6.56. The number of benzene rings is 3. The minimum atomic E-state index is 0.948. The van der Waals surface area contributed by atoms with Crippen LogP contribution in [0, 0.1) is 20.8 Å². The first-order valence-corrected chi connectivity index (χ1v) is 8.28. The number of fused-ring (bicyclic) bond motifs is 3. The van der Waals surface area contributed by atoms with Crippen LogP contribution >= 0.6 is 0 Å². The first-order valence-electron chi connectivity index (χ1n) is 8.28. The highest BCUT2D eigenvalue weighted by atomic mass is 16.3. The Bertz CT molecular complexity index is 1060. The molecule has 0 amide bonds. The van der Waals surface area contributed by atoms with Crippen LogP contribution in [0.5, 0.6) is 0 Å². The van der Waals surface area contributed by atoms with E-state index in [0.29, 0.717) is 0 Å². The van der Waals surface area contributed by atoms with Gasteiger partial charge in [0, 0.05) is 23.5 Å². The van der Waals surface area contributed by atoms with Crippen molar-refractivity contribution in [1.82, 2.24) is 0 Å². The zero-order valence-electron chi connectivity index (χ0n) is 14.6. The van der Waals surface area contributed by atoms with Crippen LogP contribution in [0.2, 0.25) is 0 Å². The van der Waals surface area contributed by atoms with Crippen molar-refractivity contribution in [2.75, 3.05) is 11.9 Å². The molecular formula is C22H21NO. The van der Waals surface area contributed by atoms with Crippen molar-refractivity contribution < 1.29 is 4.42 Å². The van der Waals surface area contributed by atoms with Crippen molar-refractivity contribution in [1.29, 1.82) is 0 Å². The predicted molar refractivity (Wildman–Crippen MR) is 102 cm³/mol. The molecule has 120 valence electrons. The summed E-state index contributed by atoms with van der Waals surface area (Å²) in [5.74, 6) is 0. The van der Waals surface area contributed by atoms with E-state index in [0.717, 1.165) is 16.9 Å². The zero-order valence-corrected chi connectivity index (χ0v) is 14.6. The summed E-state index contributed by atoms with van der Waals surface area (Å²) < 4.78 is 6.28. The first kappa shape index (κ1) is 14.8. The van der Waals surface area contributed by atoms with Crippen LogP contribution < -0.4 is 4.90 Å². The van der Waals surface area contributed by atoms with Gasteiger partial charge in [-0.2, -0.15) is 0 Å². The van der Waals surface area contributed by atoms with Crippen LogP contribution in [0.3, 0.4) is 0 Å². The van der Waals surface area contributed by atoms with Gasteiger partial charge in [0.25, 0.3) is 0 Å². The molecule has 0 unspecified atom stereocenters. The Morgan fingerprint density at radius 2 is 1.42 bits per heavy atom. The second kappa shape index (κ2) is 5.41. The van der Waals surface area contributed by atoms with E-state index in [9.17, 15) is 0 Å². The number of furan rings is 1. The standard InChI is InChI=1S/C22H21NO/c1-14-11-12-19(16(3)13-14)23(4)20-10-6-9-18-17-8-5-7-15(2)21(17)24-22(18)20/h5-13H,1-4H3. The molecule has 0 atom stereocenters. The van der Waals surface area contributed by atoms with E-state index in [1.165, 1.54) is 33.2 Å². The molecule has 1 aromatic heterocycles. The minimum Gasteiger partial charge on any atom is -0.454 e. The summed E-state index contributed by atoms with van der Waals surface area (Å²) in [4.78, 5) is 2.22. The molecule has 0 fully saturated rings. The lowest BCUT2D eigenvalue weighted by Crippen LogP contribution is -2.11. The van der Waals surface area contributed by atoms with Crippen molar-refractivity contribution >= 4 is 33.3 Å². The molecule has 0 N–H and O–H groups in total. The number of rotatable bonds is 2. The van der Waals surface area contributed by atoms with Crippen molar-refractivity contribution in [3.05, 3.63) is 71.3 Å². The third kappa shape index (κ3) is 2.18. The smallest absolute Gasteiger partial charge is 0.159 e. The number of hydrogen-bond acceptors (Lipinski definition) is 2. The summed E-state index contributed by atoms with van der Waals surface area (Å²) >= 11 is 0. The average molecular weight is 315 g/mol. The van der Waals surface area contributed by atoms with E-state index in [2.05, 4.69) is 87.3 Å². The zero-order chi connectivity index (χ0) is 16.8. The molecule has 0 aliphatic heterocycles. The molecule has 0 aliphatic carbocycles. The van der Waals surface area contributed by atoms with Gasteiger partial charge in [-0.05, 0) is 44.0 Å². The van der Waals surface area contributed by atoms with Gasteiger partial charge in [-0.3, -0.25) is 0 Å². The maximum Gasteiger partial charge on any atom is 0.159 e. The van der Waals surface area contributed by atoms with Gasteiger partial charge in [0.05, 0.1) is 5.69 Å². The van der Waals surface area contributed by atoms with Crippen molar-refractivity contribution in [3.63, 3.8) is 0 Å². The van der Waals surface area contributed by atoms with Gasteiger partial charge in [-0.1, -0.05) is 48.0 Å². The van der Waals surface area contributed by atoms with Gasteiger partial charge in [-0.25, -0.2) is 0 Å². The fourth-order valence-corrected chi connectivity index (χ4v) is 3.52. The highest BCUT2D eigenvalue weighted by Gasteiger charge is 2.16. The van der Waals surface area contributed by atoms with Crippen LogP contribution in [-0.4, -0.2) is 7.05 Å². The maximum absolute atomic E-state index is 6.28. The van der Waals surface area contributed by atoms with E-state index in [1.807, 2.05) is 0 Å². The quantitative estimate of drug-likeness (QED) is 0.433. The van der Waals surface area contributed by atoms with Gasteiger partial charge in [0.15, 0.2) is 5.58 Å². The summed E-state index contributed by atoms with van der Waals surface area (Å²) in [6.07, 6.45) is 0. The van der Waals surface area contributed by atoms with Gasteiger partial charge in [0.1, 0.15) is 5.58 Å². The monoisotopic (exact) mass is 315 g/mol. The van der Waals surface area contributed by atoms with Gasteiger partial charge < -0.3 is 9.32 Å². The van der Waals surface area contributed by atoms with Gasteiger partial charge in [-0.15, -0.1) is 0 Å². The lowest BCUT2D eigenvalue weighted by Gasteiger charge is -2.22. The first-order chi connectivity index (χ1) is 11.6. The van der Waals surface area contributed by atoms with Crippen LogP contribution in [-0.2, 0) is 0 Å². The lowest BCUT2D eigenvalue weighted by atomic mass is 10.1. The Morgan fingerprint density at radius 1 is 0.708 bits per heavy atom. The summed E-state index contributed by atoms with van der Waals surface area (Å²) in [6.45, 7) is 6.37. The SMILES string of the molecule is Cc1ccc(N(C)c2cccc3c2oc2c(C)cccc23)c(C)c1. The minimum absolute atomic E-state index is 0.948. The lowest BCUT2D eigenvalue weighted by molar-refractivity contribution is 0.665. The Balaban J connectivity index is 1.96. The number of para-hydroxylation sites is 2. The number of aryl methyl sites for hydroxylation is 3. The van der Waals surface area contributed by atoms with E-state index in [1.54, 1.807) is 0 Å². The van der Waals surface area contributed by atoms with Crippen LogP contribution in [0.25, 0.3) is 21.9 Å². The number of hydrogen-bond donors (Lipinski definition) is 0. The largest absolute Gasteiger partial charge is 0.454 e. The third-order valence-corrected chi connectivity index (χ3v) is 4.78. The fourth-order valence-electron chi connectivity index (χ4n) is 3.52. The van der Waals surface area contributed by atoms with E-state index >= 15 is 0 Å². The van der Waals surface area contributed by atoms with Gasteiger partial charge >= 0.3 is 0 Å². The summed E-state index contributed by atoms with van der Waals surface area (Å²) in [5.41, 5.74) is 7.94. The Labute approximate surface area is 142 Å². The van der Waals surface area contributed by atoms with E-state index in [4.69, 9.17) is 4.42 Å². The summed E-state index contributed by atoms with van der Waals surface area (Å²) in [5, 5.41) is 2.35. The predicted octanol–water partition coefficient (Wildman–Crippen LogP) is 6.28. The normalized spacial score (nSPS) is 11.3. The third-order valence-electron chi connectivity index (χ3n) is 4.78. The molecule has 1 heterocycles. The van der Waals surface area contributed by atoms with Gasteiger partial charge in [0.2, 0.25) is 0 Å². The van der Waals surface area contributed by atoms with Crippen LogP contribution in [0.1, 0.15) is 16.7 Å². The molecule has 0 bridgehead atoms. The Hall–Kier alpha value is -2.74. The van der Waals surface area contributed by atoms with Crippen molar-refractivity contribution in [3.8, 4) is 0 Å². The molecule has 3 aromatic carbocycles. The number of anilines is 2. The molecule has 0 radical (unpaired) electrons. The van der Waals surface area contributed by atoms with E-state index in [-0.39, 0.29) is 0 Å². The second-order valence-electron chi connectivity index (χ2n) is 6.56.